The first-order valence-electron chi connectivity index (χ1n) is 16.6. The molecule has 1 saturated carbocycles. The number of thiophene rings is 1. The van der Waals surface area contributed by atoms with E-state index < -0.39 is 56.2 Å². The van der Waals surface area contributed by atoms with Crippen LogP contribution in [0.3, 0.4) is 0 Å². The van der Waals surface area contributed by atoms with E-state index in [1.54, 1.807) is 17.5 Å². The average Bonchev–Trinajstić information content (AvgIpc) is 3.53. The zero-order valence-corrected chi connectivity index (χ0v) is 30.1. The molecule has 2 heterocycles. The largest absolute Gasteiger partial charge is 0.390 e. The molecule has 1 aromatic carbocycles. The fourth-order valence-corrected chi connectivity index (χ4v) is 8.01. The lowest BCUT2D eigenvalue weighted by Crippen LogP contribution is -2.64. The van der Waals surface area contributed by atoms with Gasteiger partial charge in [-0.05, 0) is 82.7 Å². The summed E-state index contributed by atoms with van der Waals surface area (Å²) in [7, 11) is -3.83. The van der Waals surface area contributed by atoms with Crippen molar-refractivity contribution in [1.29, 1.82) is 0 Å². The molecule has 0 spiro atoms. The number of hydrogen-bond donors (Lipinski definition) is 4. The van der Waals surface area contributed by atoms with Crippen molar-refractivity contribution in [3.05, 3.63) is 58.3 Å². The van der Waals surface area contributed by atoms with Gasteiger partial charge in [0.25, 0.3) is 5.91 Å². The normalized spacial score (nSPS) is 22.7. The van der Waals surface area contributed by atoms with Crippen LogP contribution in [0.25, 0.3) is 0 Å². The molecular formula is C35H52N4O6S2. The molecule has 1 aliphatic carbocycles. The number of nitrogens with one attached hydrogen (secondary N) is 3. The van der Waals surface area contributed by atoms with Crippen LogP contribution in [0.15, 0.2) is 47.8 Å². The highest BCUT2D eigenvalue weighted by Crippen LogP contribution is 2.39. The summed E-state index contributed by atoms with van der Waals surface area (Å²) in [5.74, 6) is -0.440. The fraction of sp³-hybridized carbons (Fsp3) is 0.629. The first-order chi connectivity index (χ1) is 22.0. The van der Waals surface area contributed by atoms with Gasteiger partial charge < -0.3 is 21.1 Å². The van der Waals surface area contributed by atoms with Crippen molar-refractivity contribution in [2.45, 2.75) is 108 Å². The van der Waals surface area contributed by atoms with Gasteiger partial charge in [-0.2, -0.15) is 0 Å². The van der Waals surface area contributed by atoms with Crippen molar-refractivity contribution in [1.82, 2.24) is 20.9 Å². The first-order valence-corrected chi connectivity index (χ1v) is 19.4. The molecule has 1 aromatic heterocycles. The topological polar surface area (TPSA) is 145 Å². The summed E-state index contributed by atoms with van der Waals surface area (Å²) in [5.41, 5.74) is 0.454. The Morgan fingerprint density at radius 3 is 2.23 bits per heavy atom. The van der Waals surface area contributed by atoms with E-state index in [1.165, 1.54) is 25.2 Å². The van der Waals surface area contributed by atoms with Crippen molar-refractivity contribution >= 4 is 38.9 Å². The van der Waals surface area contributed by atoms with E-state index in [-0.39, 0.29) is 18.9 Å². The highest BCUT2D eigenvalue weighted by Gasteiger charge is 2.46. The number of aliphatic hydroxyl groups excluding tert-OH is 1. The maximum absolute atomic E-state index is 14.1. The predicted molar refractivity (Wildman–Crippen MR) is 186 cm³/mol. The molecule has 4 N–H and O–H groups in total. The van der Waals surface area contributed by atoms with Crippen molar-refractivity contribution < 1.29 is 27.9 Å². The fourth-order valence-electron chi connectivity index (χ4n) is 6.79. The number of nitrogens with zero attached hydrogens (tertiary/aromatic N) is 1. The molecule has 4 rings (SSSR count). The van der Waals surface area contributed by atoms with E-state index in [1.807, 2.05) is 51.1 Å². The molecule has 0 unspecified atom stereocenters. The summed E-state index contributed by atoms with van der Waals surface area (Å²) in [6.07, 6.45) is 5.42. The van der Waals surface area contributed by atoms with Crippen LogP contribution in [0.1, 0.15) is 82.0 Å². The van der Waals surface area contributed by atoms with Crippen LogP contribution in [0.4, 0.5) is 0 Å². The smallest absolute Gasteiger partial charge is 0.262 e. The number of fused-ring (bicyclic) bond motifs is 1. The minimum atomic E-state index is -3.83. The Kier molecular flexibility index (Phi) is 12.0. The van der Waals surface area contributed by atoms with E-state index in [2.05, 4.69) is 20.9 Å². The Bertz CT molecular complexity index is 1470. The molecule has 1 aliphatic heterocycles. The van der Waals surface area contributed by atoms with E-state index >= 15 is 0 Å². The van der Waals surface area contributed by atoms with Gasteiger partial charge in [-0.1, -0.05) is 55.7 Å². The van der Waals surface area contributed by atoms with Crippen LogP contribution in [0.2, 0.25) is 0 Å². The van der Waals surface area contributed by atoms with Crippen molar-refractivity contribution in [2.24, 2.45) is 11.8 Å². The van der Waals surface area contributed by atoms with Gasteiger partial charge in [0.15, 0.2) is 9.84 Å². The molecular weight excluding hydrogens is 637 g/mol. The Balaban J connectivity index is 1.62. The summed E-state index contributed by atoms with van der Waals surface area (Å²) in [5, 5.41) is 22.3. The molecule has 2 fully saturated rings. The van der Waals surface area contributed by atoms with Gasteiger partial charge in [0.1, 0.15) is 6.04 Å². The van der Waals surface area contributed by atoms with E-state index in [0.29, 0.717) is 29.7 Å². The lowest BCUT2D eigenvalue weighted by atomic mass is 9.72. The number of carbonyl (C=O) groups is 3. The van der Waals surface area contributed by atoms with Crippen LogP contribution >= 0.6 is 11.3 Å². The number of likely N-dealkylation sites (tertiary alicyclic amines) is 1. The number of aliphatic hydroxyl groups is 1. The minimum absolute atomic E-state index is 0.0661. The second-order valence-corrected chi connectivity index (χ2v) is 18.4. The zero-order chi connectivity index (χ0) is 34.6. The van der Waals surface area contributed by atoms with E-state index in [9.17, 15) is 27.9 Å². The lowest BCUT2D eigenvalue weighted by Gasteiger charge is -2.47. The van der Waals surface area contributed by atoms with Crippen LogP contribution in [-0.4, -0.2) is 90.0 Å². The number of benzene rings is 1. The Hall–Kier alpha value is -2.80. The van der Waals surface area contributed by atoms with Gasteiger partial charge in [0.05, 0.1) is 27.8 Å². The zero-order valence-electron chi connectivity index (χ0n) is 28.5. The molecule has 0 radical (unpaired) electrons. The molecule has 12 heteroatoms. The van der Waals surface area contributed by atoms with Crippen LogP contribution in [-0.2, 0) is 25.8 Å². The van der Waals surface area contributed by atoms with Gasteiger partial charge in [0.2, 0.25) is 11.8 Å². The van der Waals surface area contributed by atoms with Gasteiger partial charge in [0, 0.05) is 24.9 Å². The summed E-state index contributed by atoms with van der Waals surface area (Å²) in [6.45, 7) is 9.50. The van der Waals surface area contributed by atoms with Crippen molar-refractivity contribution in [3.63, 3.8) is 0 Å². The Labute approximate surface area is 284 Å². The molecule has 0 bridgehead atoms. The second-order valence-electron chi connectivity index (χ2n) is 14.9. The summed E-state index contributed by atoms with van der Waals surface area (Å²) >= 11 is 1.18. The number of β-amino-alcohol motifs (C(OH)–C–C–N with tert-alkyl or cyclic N) is 1. The number of rotatable bonds is 12. The molecule has 260 valence electrons. The number of sulfone groups is 1. The molecule has 3 amide bonds. The number of piperidine rings is 1. The van der Waals surface area contributed by atoms with E-state index in [4.69, 9.17) is 0 Å². The lowest BCUT2D eigenvalue weighted by molar-refractivity contribution is -0.133. The average molecular weight is 689 g/mol. The highest BCUT2D eigenvalue weighted by molar-refractivity contribution is 7.92. The molecule has 2 aromatic rings. The highest BCUT2D eigenvalue weighted by atomic mass is 32.2. The SMILES string of the molecule is CC(C)(C)NC(=O)[C@@H]1C[C@@H]2CCCC[C@@H]2CN1C[C@@H](O)[C@H](Cc1ccccc1)NC(=O)[C@@H](NC(=O)c1cccs1)C(C)(C)S(C)(=O)=O. The molecule has 6 atom stereocenters. The number of amides is 3. The summed E-state index contributed by atoms with van der Waals surface area (Å²) in [4.78, 5) is 43.2. The third kappa shape index (κ3) is 9.64. The summed E-state index contributed by atoms with van der Waals surface area (Å²) < 4.78 is 24.2. The quantitative estimate of drug-likeness (QED) is 0.267. The monoisotopic (exact) mass is 688 g/mol. The van der Waals surface area contributed by atoms with Crippen molar-refractivity contribution in [2.75, 3.05) is 19.3 Å². The van der Waals surface area contributed by atoms with E-state index in [0.717, 1.165) is 37.5 Å². The molecule has 47 heavy (non-hydrogen) atoms. The predicted octanol–water partition coefficient (Wildman–Crippen LogP) is 3.55. The maximum atomic E-state index is 14.1. The maximum Gasteiger partial charge on any atom is 0.262 e. The summed E-state index contributed by atoms with van der Waals surface area (Å²) in [6, 6.07) is 10.0. The minimum Gasteiger partial charge on any atom is -0.390 e. The Morgan fingerprint density at radius 1 is 0.979 bits per heavy atom. The first kappa shape index (κ1) is 37.0. The number of carbonyl (C=O) groups excluding carboxylic acids is 3. The standard InChI is InChI=1S/C35H52N4O6S2/c1-34(2,3)38-31(41)27-20-24-15-10-11-16-25(24)21-39(27)22-28(40)26(19-23-13-8-7-9-14-23)36-33(43)30(35(4,5)47(6,44)45)37-32(42)29-17-12-18-46-29/h7-9,12-14,17-18,24-28,30,40H,10-11,15-16,19-22H2,1-6H3,(H,36,43)(H,37,42)(H,38,41)/t24-,25+,26-,27-,28+,30+/m0/s1. The third-order valence-corrected chi connectivity index (χ3v) is 12.8. The van der Waals surface area contributed by atoms with Gasteiger partial charge >= 0.3 is 0 Å². The van der Waals surface area contributed by atoms with Crippen LogP contribution in [0.5, 0.6) is 0 Å². The molecule has 1 saturated heterocycles. The second kappa shape index (κ2) is 15.2. The van der Waals surface area contributed by atoms with Crippen LogP contribution < -0.4 is 16.0 Å². The van der Waals surface area contributed by atoms with Gasteiger partial charge in [-0.25, -0.2) is 8.42 Å². The van der Waals surface area contributed by atoms with Crippen molar-refractivity contribution in [3.8, 4) is 0 Å². The Morgan fingerprint density at radius 2 is 1.64 bits per heavy atom. The van der Waals surface area contributed by atoms with Gasteiger partial charge in [-0.15, -0.1) is 11.3 Å². The van der Waals surface area contributed by atoms with Crippen LogP contribution in [0, 0.1) is 11.8 Å². The third-order valence-electron chi connectivity index (χ3n) is 9.75. The molecule has 2 aliphatic rings. The number of hydrogen-bond acceptors (Lipinski definition) is 8. The molecule has 10 nitrogen and oxygen atoms in total. The van der Waals surface area contributed by atoms with Gasteiger partial charge in [-0.3, -0.25) is 19.3 Å².